The van der Waals surface area contributed by atoms with Crippen LogP contribution in [-0.2, 0) is 30.4 Å². The van der Waals surface area contributed by atoms with E-state index in [0.29, 0.717) is 30.9 Å². The predicted molar refractivity (Wildman–Crippen MR) is 156 cm³/mol. The summed E-state index contributed by atoms with van der Waals surface area (Å²) >= 11 is 0. The minimum atomic E-state index is -1.22. The Bertz CT molecular complexity index is 984. The molecule has 1 aliphatic rings. The molecule has 1 heterocycles. The lowest BCUT2D eigenvalue weighted by Crippen LogP contribution is -2.58. The van der Waals surface area contributed by atoms with Gasteiger partial charge in [0.15, 0.2) is 0 Å². The average molecular weight is 597 g/mol. The van der Waals surface area contributed by atoms with Crippen molar-refractivity contribution in [3.05, 3.63) is 35.9 Å². The van der Waals surface area contributed by atoms with E-state index in [1.54, 1.807) is 0 Å². The van der Waals surface area contributed by atoms with E-state index >= 15 is 0 Å². The Labute approximate surface area is 242 Å². The molecule has 12 nitrogen and oxygen atoms in total. The molecule has 1 aromatic rings. The molecule has 1 fully saturated rings. The van der Waals surface area contributed by atoms with Gasteiger partial charge in [0.05, 0.1) is 12.6 Å². The lowest BCUT2D eigenvalue weighted by molar-refractivity contribution is -0.134. The number of hydrogen-bond donors (Lipinski definition) is 7. The molecule has 0 radical (unpaired) electrons. The number of rotatable bonds is 7. The molecule has 1 aliphatic heterocycles. The van der Waals surface area contributed by atoms with Crippen molar-refractivity contribution in [3.63, 3.8) is 0 Å². The Morgan fingerprint density at radius 1 is 0.875 bits per heavy atom. The van der Waals surface area contributed by atoms with Crippen molar-refractivity contribution in [1.29, 1.82) is 0 Å². The SMILES string of the molecule is CC(O)[C@@H]1NC(=O)C(CCCCN)NC(=O)CNC(=O)C(Cc2ccccc2)NC(=O)CCSSCCNC1=O. The van der Waals surface area contributed by atoms with E-state index in [4.69, 9.17) is 5.73 Å². The van der Waals surface area contributed by atoms with E-state index in [-0.39, 0.29) is 31.7 Å². The highest BCUT2D eigenvalue weighted by molar-refractivity contribution is 8.76. The largest absolute Gasteiger partial charge is 0.391 e. The maximum Gasteiger partial charge on any atom is 0.245 e. The maximum atomic E-state index is 13.1. The van der Waals surface area contributed by atoms with Crippen LogP contribution in [0, 0.1) is 0 Å². The summed E-state index contributed by atoms with van der Waals surface area (Å²) in [5, 5.41) is 23.3. The van der Waals surface area contributed by atoms with Gasteiger partial charge >= 0.3 is 0 Å². The van der Waals surface area contributed by atoms with Gasteiger partial charge in [-0.05, 0) is 38.3 Å². The van der Waals surface area contributed by atoms with E-state index in [1.165, 1.54) is 28.5 Å². The number of amides is 5. The molecule has 1 aromatic carbocycles. The van der Waals surface area contributed by atoms with Crippen LogP contribution < -0.4 is 32.3 Å². The molecular weight excluding hydrogens is 556 g/mol. The van der Waals surface area contributed by atoms with Crippen LogP contribution in [0.2, 0.25) is 0 Å². The van der Waals surface area contributed by atoms with Crippen LogP contribution in [0.15, 0.2) is 30.3 Å². The molecule has 0 aromatic heterocycles. The maximum absolute atomic E-state index is 13.1. The third-order valence-electron chi connectivity index (χ3n) is 6.00. The monoisotopic (exact) mass is 596 g/mol. The standard InChI is InChI=1S/C26H40N6O6S2/c1-17(33)23-26(38)28-12-14-40-39-13-10-21(34)31-20(15-18-7-3-2-4-8-18)24(36)29-16-22(35)30-19(25(37)32-23)9-5-6-11-27/h2-4,7-8,17,19-20,23,33H,5-6,9-16,27H2,1H3,(H,28,38)(H,29,36)(H,30,35)(H,31,34)(H,32,37)/t17?,19?,20?,23-/m0/s1. The Morgan fingerprint density at radius 3 is 2.27 bits per heavy atom. The second kappa shape index (κ2) is 18.5. The van der Waals surface area contributed by atoms with E-state index < -0.39 is 54.4 Å². The fourth-order valence-corrected chi connectivity index (χ4v) is 5.76. The average Bonchev–Trinajstić information content (AvgIpc) is 2.93. The van der Waals surface area contributed by atoms with Gasteiger partial charge < -0.3 is 37.4 Å². The first-order valence-corrected chi connectivity index (χ1v) is 15.8. The molecule has 0 spiro atoms. The summed E-state index contributed by atoms with van der Waals surface area (Å²) in [5.41, 5.74) is 6.41. The molecule has 4 atom stereocenters. The van der Waals surface area contributed by atoms with E-state index in [1.807, 2.05) is 30.3 Å². The van der Waals surface area contributed by atoms with Crippen LogP contribution in [0.1, 0.15) is 38.2 Å². The van der Waals surface area contributed by atoms with Crippen LogP contribution in [0.5, 0.6) is 0 Å². The highest BCUT2D eigenvalue weighted by Crippen LogP contribution is 2.21. The number of hydrogen-bond acceptors (Lipinski definition) is 9. The number of carbonyl (C=O) groups is 5. The first kappa shape index (κ1) is 33.4. The van der Waals surface area contributed by atoms with Crippen LogP contribution in [0.3, 0.4) is 0 Å². The van der Waals surface area contributed by atoms with Crippen molar-refractivity contribution in [2.45, 2.75) is 63.3 Å². The number of aliphatic hydroxyl groups is 1. The van der Waals surface area contributed by atoms with Crippen molar-refractivity contribution in [3.8, 4) is 0 Å². The van der Waals surface area contributed by atoms with Gasteiger partial charge in [-0.25, -0.2) is 0 Å². The van der Waals surface area contributed by atoms with E-state index in [9.17, 15) is 29.1 Å². The molecule has 2 rings (SSSR count). The summed E-state index contributed by atoms with van der Waals surface area (Å²) in [4.78, 5) is 64.1. The van der Waals surface area contributed by atoms with Crippen LogP contribution in [0.25, 0.3) is 0 Å². The first-order valence-electron chi connectivity index (χ1n) is 13.3. The summed E-state index contributed by atoms with van der Waals surface area (Å²) in [6.45, 7) is 1.66. The number of carbonyl (C=O) groups excluding carboxylic acids is 5. The lowest BCUT2D eigenvalue weighted by atomic mass is 10.0. The second-order valence-corrected chi connectivity index (χ2v) is 12.0. The molecule has 5 amide bonds. The highest BCUT2D eigenvalue weighted by Gasteiger charge is 2.30. The van der Waals surface area contributed by atoms with Crippen molar-refractivity contribution in [2.75, 3.05) is 31.1 Å². The third-order valence-corrected chi connectivity index (χ3v) is 8.41. The molecule has 8 N–H and O–H groups in total. The quantitative estimate of drug-likeness (QED) is 0.156. The third kappa shape index (κ3) is 12.6. The minimum Gasteiger partial charge on any atom is -0.391 e. The molecule has 0 saturated carbocycles. The molecule has 1 saturated heterocycles. The van der Waals surface area contributed by atoms with Gasteiger partial charge in [-0.2, -0.15) is 0 Å². The molecule has 40 heavy (non-hydrogen) atoms. The topological polar surface area (TPSA) is 192 Å². The van der Waals surface area contributed by atoms with Gasteiger partial charge in [0.2, 0.25) is 29.5 Å². The molecule has 3 unspecified atom stereocenters. The summed E-state index contributed by atoms with van der Waals surface area (Å²) in [6.07, 6.45) is 0.650. The van der Waals surface area contributed by atoms with Crippen LogP contribution in [0.4, 0.5) is 0 Å². The second-order valence-electron chi connectivity index (χ2n) is 9.34. The van der Waals surface area contributed by atoms with Crippen molar-refractivity contribution in [2.24, 2.45) is 5.73 Å². The fourth-order valence-electron chi connectivity index (χ4n) is 3.86. The van der Waals surface area contributed by atoms with Crippen molar-refractivity contribution < 1.29 is 29.1 Å². The van der Waals surface area contributed by atoms with Gasteiger partial charge in [0, 0.05) is 30.9 Å². The smallest absolute Gasteiger partial charge is 0.245 e. The van der Waals surface area contributed by atoms with Crippen LogP contribution >= 0.6 is 21.6 Å². The zero-order chi connectivity index (χ0) is 29.3. The van der Waals surface area contributed by atoms with Crippen molar-refractivity contribution >= 4 is 51.1 Å². The van der Waals surface area contributed by atoms with Gasteiger partial charge in [-0.1, -0.05) is 51.9 Å². The molecule has 222 valence electrons. The normalized spacial score (nSPS) is 23.6. The zero-order valence-corrected chi connectivity index (χ0v) is 24.3. The molecule has 14 heteroatoms. The number of unbranched alkanes of at least 4 members (excludes halogenated alkanes) is 1. The minimum absolute atomic E-state index is 0.184. The van der Waals surface area contributed by atoms with E-state index in [0.717, 1.165) is 5.56 Å². The predicted octanol–water partition coefficient (Wildman–Crippen LogP) is -0.789. The van der Waals surface area contributed by atoms with E-state index in [2.05, 4.69) is 26.6 Å². The number of benzene rings is 1. The first-order chi connectivity index (χ1) is 19.2. The Morgan fingerprint density at radius 2 is 1.57 bits per heavy atom. The number of nitrogens with two attached hydrogens (primary N) is 1. The molecule has 0 bridgehead atoms. The highest BCUT2D eigenvalue weighted by atomic mass is 33.1. The summed E-state index contributed by atoms with van der Waals surface area (Å²) < 4.78 is 0. The van der Waals surface area contributed by atoms with Gasteiger partial charge in [-0.3, -0.25) is 24.0 Å². The van der Waals surface area contributed by atoms with Crippen molar-refractivity contribution in [1.82, 2.24) is 26.6 Å². The fraction of sp³-hybridized carbons (Fsp3) is 0.577. The lowest BCUT2D eigenvalue weighted by Gasteiger charge is -2.25. The summed E-state index contributed by atoms with van der Waals surface area (Å²) in [7, 11) is 2.92. The molecular formula is C26H40N6O6S2. The van der Waals surface area contributed by atoms with Crippen LogP contribution in [-0.4, -0.2) is 90.0 Å². The molecule has 0 aliphatic carbocycles. The summed E-state index contributed by atoms with van der Waals surface area (Å²) in [5.74, 6) is -1.60. The van der Waals surface area contributed by atoms with Gasteiger partial charge in [0.25, 0.3) is 0 Å². The Hall–Kier alpha value is -2.81. The number of nitrogens with one attached hydrogen (secondary N) is 5. The van der Waals surface area contributed by atoms with Gasteiger partial charge in [0.1, 0.15) is 18.1 Å². The Kier molecular flexibility index (Phi) is 15.5. The Balaban J connectivity index is 2.19. The zero-order valence-electron chi connectivity index (χ0n) is 22.6. The summed E-state index contributed by atoms with van der Waals surface area (Å²) in [6, 6.07) is 6.10. The van der Waals surface area contributed by atoms with Gasteiger partial charge in [-0.15, -0.1) is 0 Å². The number of aliphatic hydroxyl groups excluding tert-OH is 1.